The van der Waals surface area contributed by atoms with Crippen molar-refractivity contribution in [2.24, 2.45) is 0 Å². The first-order valence-corrected chi connectivity index (χ1v) is 9.96. The molecule has 0 spiro atoms. The molecule has 1 amide bonds. The maximum atomic E-state index is 12.9. The van der Waals surface area contributed by atoms with Crippen LogP contribution in [0.2, 0.25) is 0 Å². The van der Waals surface area contributed by atoms with Crippen molar-refractivity contribution in [1.29, 1.82) is 0 Å². The number of ether oxygens (including phenoxy) is 2. The van der Waals surface area contributed by atoms with E-state index in [4.69, 9.17) is 9.47 Å². The van der Waals surface area contributed by atoms with Gasteiger partial charge in [-0.3, -0.25) is 9.69 Å². The van der Waals surface area contributed by atoms with Crippen molar-refractivity contribution in [3.8, 4) is 11.9 Å². The molecule has 1 saturated heterocycles. The predicted molar refractivity (Wildman–Crippen MR) is 111 cm³/mol. The number of carbonyl (C=O) groups excluding carboxylic acids is 1. The molecule has 7 heteroatoms. The third-order valence-corrected chi connectivity index (χ3v) is 5.63. The molecule has 0 saturated carbocycles. The zero-order valence-electron chi connectivity index (χ0n) is 17.9. The number of methoxy groups -OCH3 is 2. The number of aryl methyl sites for hydroxylation is 2. The smallest absolute Gasteiger partial charge is 0.319 e. The Morgan fingerprint density at radius 2 is 1.69 bits per heavy atom. The normalized spacial score (nSPS) is 15.8. The molecule has 0 radical (unpaired) electrons. The van der Waals surface area contributed by atoms with Gasteiger partial charge in [0, 0.05) is 37.8 Å². The fraction of sp³-hybridized carbons (Fsp3) is 0.500. The molecule has 2 aromatic rings. The Kier molecular flexibility index (Phi) is 6.69. The van der Waals surface area contributed by atoms with Crippen LogP contribution in [0.15, 0.2) is 24.3 Å². The van der Waals surface area contributed by atoms with Crippen LogP contribution in [0.1, 0.15) is 35.3 Å². The first kappa shape index (κ1) is 21.0. The largest absolute Gasteiger partial charge is 0.481 e. The van der Waals surface area contributed by atoms with Gasteiger partial charge in [-0.2, -0.15) is 4.98 Å². The van der Waals surface area contributed by atoms with Crippen molar-refractivity contribution < 1.29 is 14.3 Å². The highest BCUT2D eigenvalue weighted by Gasteiger charge is 2.26. The Bertz CT molecular complexity index is 846. The lowest BCUT2D eigenvalue weighted by Crippen LogP contribution is -2.49. The van der Waals surface area contributed by atoms with E-state index in [0.717, 1.165) is 13.1 Å². The van der Waals surface area contributed by atoms with E-state index in [-0.39, 0.29) is 18.3 Å². The van der Waals surface area contributed by atoms with Crippen molar-refractivity contribution in [3.05, 3.63) is 46.6 Å². The van der Waals surface area contributed by atoms with Gasteiger partial charge in [-0.25, -0.2) is 4.98 Å². The average molecular weight is 399 g/mol. The number of hydrogen-bond donors (Lipinski definition) is 0. The summed E-state index contributed by atoms with van der Waals surface area (Å²) < 4.78 is 10.4. The van der Waals surface area contributed by atoms with Gasteiger partial charge in [-0.05, 0) is 26.3 Å². The van der Waals surface area contributed by atoms with Crippen LogP contribution in [0.5, 0.6) is 11.9 Å². The first-order valence-electron chi connectivity index (χ1n) is 9.96. The molecule has 1 fully saturated rings. The Morgan fingerprint density at radius 1 is 1.03 bits per heavy atom. The van der Waals surface area contributed by atoms with Crippen LogP contribution >= 0.6 is 0 Å². The van der Waals surface area contributed by atoms with Gasteiger partial charge in [0.2, 0.25) is 11.8 Å². The highest BCUT2D eigenvalue weighted by atomic mass is 16.5. The van der Waals surface area contributed by atoms with Gasteiger partial charge in [-0.15, -0.1) is 0 Å². The lowest BCUT2D eigenvalue weighted by atomic mass is 10.0. The second-order valence-electron chi connectivity index (χ2n) is 7.46. The number of nitrogens with zero attached hydrogens (tertiary/aromatic N) is 4. The first-order chi connectivity index (χ1) is 13.9. The zero-order valence-corrected chi connectivity index (χ0v) is 17.9. The summed E-state index contributed by atoms with van der Waals surface area (Å²) in [5.41, 5.74) is 4.00. The molecule has 29 heavy (non-hydrogen) atoms. The number of piperazine rings is 1. The fourth-order valence-corrected chi connectivity index (χ4v) is 3.69. The molecule has 1 aliphatic rings. The van der Waals surface area contributed by atoms with Gasteiger partial charge in [-0.1, -0.05) is 29.8 Å². The second kappa shape index (κ2) is 9.22. The summed E-state index contributed by atoms with van der Waals surface area (Å²) in [4.78, 5) is 25.7. The fourth-order valence-electron chi connectivity index (χ4n) is 3.69. The molecule has 1 aromatic carbocycles. The molecule has 2 heterocycles. The highest BCUT2D eigenvalue weighted by Crippen LogP contribution is 2.24. The second-order valence-corrected chi connectivity index (χ2v) is 7.46. The molecule has 0 unspecified atom stereocenters. The third-order valence-electron chi connectivity index (χ3n) is 5.63. The Labute approximate surface area is 172 Å². The molecular formula is C22H30N4O3. The summed E-state index contributed by atoms with van der Waals surface area (Å²) in [6.07, 6.45) is 0.229. The van der Waals surface area contributed by atoms with E-state index in [0.29, 0.717) is 36.3 Å². The quantitative estimate of drug-likeness (QED) is 0.745. The predicted octanol–water partition coefficient (Wildman–Crippen LogP) is 2.56. The van der Waals surface area contributed by atoms with Crippen molar-refractivity contribution >= 4 is 5.91 Å². The minimum absolute atomic E-state index is 0.0720. The minimum atomic E-state index is 0.0720. The van der Waals surface area contributed by atoms with Crippen LogP contribution in [0.3, 0.4) is 0 Å². The Hall–Kier alpha value is -2.67. The maximum Gasteiger partial charge on any atom is 0.319 e. The summed E-state index contributed by atoms with van der Waals surface area (Å²) in [5, 5.41) is 0. The van der Waals surface area contributed by atoms with Gasteiger partial charge in [0.05, 0.1) is 26.3 Å². The zero-order chi connectivity index (χ0) is 21.0. The third kappa shape index (κ3) is 4.85. The number of rotatable bonds is 6. The number of carbonyl (C=O) groups is 1. The molecule has 0 aliphatic carbocycles. The lowest BCUT2D eigenvalue weighted by molar-refractivity contribution is -0.132. The molecule has 1 aliphatic heterocycles. The summed E-state index contributed by atoms with van der Waals surface area (Å²) in [6, 6.07) is 9.27. The van der Waals surface area contributed by atoms with Crippen molar-refractivity contribution in [1.82, 2.24) is 19.8 Å². The van der Waals surface area contributed by atoms with Crippen molar-refractivity contribution in [2.45, 2.75) is 33.2 Å². The topological polar surface area (TPSA) is 67.8 Å². The van der Waals surface area contributed by atoms with E-state index in [1.807, 2.05) is 11.8 Å². The average Bonchev–Trinajstić information content (AvgIpc) is 2.75. The molecule has 0 bridgehead atoms. The van der Waals surface area contributed by atoms with Gasteiger partial charge in [0.1, 0.15) is 0 Å². The summed E-state index contributed by atoms with van der Waals surface area (Å²) in [5.74, 6) is 0.470. The van der Waals surface area contributed by atoms with Crippen LogP contribution < -0.4 is 9.47 Å². The summed E-state index contributed by atoms with van der Waals surface area (Å²) >= 11 is 0. The SMILES string of the molecule is COc1nc(C)c(CC(=O)N2CCN([C@@H](C)c3ccc(C)cc3)CC2)c(OC)n1. The van der Waals surface area contributed by atoms with Gasteiger partial charge >= 0.3 is 6.01 Å². The molecule has 1 atom stereocenters. The Morgan fingerprint density at radius 3 is 2.28 bits per heavy atom. The van der Waals surface area contributed by atoms with Crippen LogP contribution in [0, 0.1) is 13.8 Å². The van der Waals surface area contributed by atoms with Crippen LogP contribution in [0.4, 0.5) is 0 Å². The van der Waals surface area contributed by atoms with E-state index in [9.17, 15) is 4.79 Å². The number of aromatic nitrogens is 2. The van der Waals surface area contributed by atoms with Gasteiger partial charge < -0.3 is 14.4 Å². The van der Waals surface area contributed by atoms with Crippen molar-refractivity contribution in [2.75, 3.05) is 40.4 Å². The van der Waals surface area contributed by atoms with Gasteiger partial charge in [0.15, 0.2) is 0 Å². The summed E-state index contributed by atoms with van der Waals surface area (Å²) in [7, 11) is 3.05. The molecule has 1 aromatic heterocycles. The van der Waals surface area contributed by atoms with E-state index in [1.165, 1.54) is 18.2 Å². The molecule has 156 valence electrons. The van der Waals surface area contributed by atoms with E-state index in [2.05, 4.69) is 53.0 Å². The molecule has 7 nitrogen and oxygen atoms in total. The lowest BCUT2D eigenvalue weighted by Gasteiger charge is -2.38. The number of amides is 1. The van der Waals surface area contributed by atoms with E-state index in [1.54, 1.807) is 7.11 Å². The van der Waals surface area contributed by atoms with Crippen LogP contribution in [-0.4, -0.2) is 66.1 Å². The molecule has 0 N–H and O–H groups in total. The monoisotopic (exact) mass is 398 g/mol. The maximum absolute atomic E-state index is 12.9. The van der Waals surface area contributed by atoms with Gasteiger partial charge in [0.25, 0.3) is 0 Å². The highest BCUT2D eigenvalue weighted by molar-refractivity contribution is 5.79. The van der Waals surface area contributed by atoms with E-state index < -0.39 is 0 Å². The summed E-state index contributed by atoms with van der Waals surface area (Å²) in [6.45, 7) is 9.32. The van der Waals surface area contributed by atoms with Crippen LogP contribution in [-0.2, 0) is 11.2 Å². The standard InChI is InChI=1S/C22H30N4O3/c1-15-6-8-18(9-7-15)17(3)25-10-12-26(13-11-25)20(27)14-19-16(2)23-22(29-5)24-21(19)28-4/h6-9,17H,10-14H2,1-5H3/t17-/m0/s1. The molecular weight excluding hydrogens is 368 g/mol. The minimum Gasteiger partial charge on any atom is -0.481 e. The van der Waals surface area contributed by atoms with E-state index >= 15 is 0 Å². The van der Waals surface area contributed by atoms with Crippen molar-refractivity contribution in [3.63, 3.8) is 0 Å². The van der Waals surface area contributed by atoms with Crippen LogP contribution in [0.25, 0.3) is 0 Å². The number of hydrogen-bond acceptors (Lipinski definition) is 6. The molecule has 3 rings (SSSR count). The Balaban J connectivity index is 1.61. The number of benzene rings is 1.